The standard InChI is InChI=1S/C26H24N2O3/c1-2-17-7-9-18(10-8-17)26-28-22(20-5-3-4-6-23(20)31-26)16-21(27-28)19-11-12-24-25(15-19)30-14-13-29-24/h3-12,15,22,26H,2,13-14,16H2,1H3/t22-,26+/m0/s1. The predicted molar refractivity (Wildman–Crippen MR) is 119 cm³/mol. The van der Waals surface area contributed by atoms with Crippen LogP contribution in [0.25, 0.3) is 0 Å². The van der Waals surface area contributed by atoms with Crippen molar-refractivity contribution in [3.05, 3.63) is 89.0 Å². The third-order valence-electron chi connectivity index (χ3n) is 6.25. The third kappa shape index (κ3) is 3.12. The van der Waals surface area contributed by atoms with E-state index < -0.39 is 0 Å². The maximum atomic E-state index is 6.45. The Morgan fingerprint density at radius 3 is 2.55 bits per heavy atom. The van der Waals surface area contributed by atoms with Crippen molar-refractivity contribution in [2.75, 3.05) is 13.2 Å². The van der Waals surface area contributed by atoms with Crippen molar-refractivity contribution in [1.82, 2.24) is 5.01 Å². The van der Waals surface area contributed by atoms with Crippen LogP contribution in [-0.4, -0.2) is 23.9 Å². The lowest BCUT2D eigenvalue weighted by Gasteiger charge is -2.38. The van der Waals surface area contributed by atoms with Gasteiger partial charge in [-0.25, -0.2) is 5.01 Å². The van der Waals surface area contributed by atoms with Crippen molar-refractivity contribution in [1.29, 1.82) is 0 Å². The fourth-order valence-electron chi connectivity index (χ4n) is 4.57. The summed E-state index contributed by atoms with van der Waals surface area (Å²) < 4.78 is 17.9. The molecular formula is C26H24N2O3. The minimum absolute atomic E-state index is 0.143. The van der Waals surface area contributed by atoms with Crippen molar-refractivity contribution in [3.63, 3.8) is 0 Å². The molecule has 0 fully saturated rings. The van der Waals surface area contributed by atoms with Crippen molar-refractivity contribution < 1.29 is 14.2 Å². The molecule has 0 saturated heterocycles. The summed E-state index contributed by atoms with van der Waals surface area (Å²) in [5, 5.41) is 7.18. The SMILES string of the molecule is CCc1ccc([C@H]2Oc3ccccc3[C@@H]3CC(c4ccc5c(c4)OCCO5)=NN23)cc1. The summed E-state index contributed by atoms with van der Waals surface area (Å²) in [5.41, 5.74) is 5.72. The second-order valence-corrected chi connectivity index (χ2v) is 8.11. The summed E-state index contributed by atoms with van der Waals surface area (Å²) in [7, 11) is 0. The first-order valence-corrected chi connectivity index (χ1v) is 10.9. The van der Waals surface area contributed by atoms with Crippen LogP contribution in [0, 0.1) is 0 Å². The molecule has 0 spiro atoms. The van der Waals surface area contributed by atoms with Gasteiger partial charge in [-0.1, -0.05) is 49.4 Å². The molecule has 3 aromatic carbocycles. The van der Waals surface area contributed by atoms with E-state index in [0.29, 0.717) is 13.2 Å². The molecule has 0 radical (unpaired) electrons. The number of para-hydroxylation sites is 1. The Morgan fingerprint density at radius 2 is 1.71 bits per heavy atom. The average molecular weight is 412 g/mol. The van der Waals surface area contributed by atoms with Gasteiger partial charge >= 0.3 is 0 Å². The van der Waals surface area contributed by atoms with Gasteiger partial charge in [0.25, 0.3) is 0 Å². The van der Waals surface area contributed by atoms with Crippen molar-refractivity contribution >= 4 is 5.71 Å². The molecule has 0 unspecified atom stereocenters. The van der Waals surface area contributed by atoms with E-state index in [1.165, 1.54) is 11.1 Å². The molecule has 3 aliphatic rings. The Labute approximate surface area is 181 Å². The van der Waals surface area contributed by atoms with Crippen LogP contribution >= 0.6 is 0 Å². The van der Waals surface area contributed by atoms with Crippen molar-refractivity contribution in [2.45, 2.75) is 32.0 Å². The highest BCUT2D eigenvalue weighted by Gasteiger charge is 2.41. The van der Waals surface area contributed by atoms with Crippen LogP contribution < -0.4 is 14.2 Å². The highest BCUT2D eigenvalue weighted by atomic mass is 16.6. The third-order valence-corrected chi connectivity index (χ3v) is 6.25. The van der Waals surface area contributed by atoms with Gasteiger partial charge in [-0.05, 0) is 36.2 Å². The number of aryl methyl sites for hydroxylation is 1. The van der Waals surface area contributed by atoms with Gasteiger partial charge in [0.2, 0.25) is 6.23 Å². The normalized spacial score (nSPS) is 21.1. The van der Waals surface area contributed by atoms with E-state index in [9.17, 15) is 0 Å². The van der Waals surface area contributed by atoms with Crippen LogP contribution in [0.2, 0.25) is 0 Å². The molecule has 5 heteroatoms. The molecule has 5 nitrogen and oxygen atoms in total. The van der Waals surface area contributed by atoms with E-state index in [0.717, 1.165) is 46.9 Å². The lowest BCUT2D eigenvalue weighted by atomic mass is 9.95. The smallest absolute Gasteiger partial charge is 0.213 e. The largest absolute Gasteiger partial charge is 0.486 e. The molecule has 6 rings (SSSR count). The summed E-state index contributed by atoms with van der Waals surface area (Å²) in [4.78, 5) is 0. The van der Waals surface area contributed by atoms with Crippen LogP contribution in [-0.2, 0) is 6.42 Å². The monoisotopic (exact) mass is 412 g/mol. The number of ether oxygens (including phenoxy) is 3. The number of nitrogens with zero attached hydrogens (tertiary/aromatic N) is 2. The topological polar surface area (TPSA) is 43.3 Å². The van der Waals surface area contributed by atoms with Gasteiger partial charge in [0.05, 0.1) is 11.8 Å². The molecule has 0 amide bonds. The summed E-state index contributed by atoms with van der Waals surface area (Å²) >= 11 is 0. The molecule has 0 N–H and O–H groups in total. The molecule has 3 aromatic rings. The van der Waals surface area contributed by atoms with Gasteiger partial charge in [0.1, 0.15) is 19.0 Å². The van der Waals surface area contributed by atoms with Crippen LogP contribution in [0.3, 0.4) is 0 Å². The molecule has 156 valence electrons. The number of hydrogen-bond acceptors (Lipinski definition) is 5. The first-order chi connectivity index (χ1) is 15.3. The Bertz CT molecular complexity index is 1160. The molecule has 2 atom stereocenters. The molecule has 0 bridgehead atoms. The fourth-order valence-corrected chi connectivity index (χ4v) is 4.57. The number of benzene rings is 3. The summed E-state index contributed by atoms with van der Waals surface area (Å²) in [6.07, 6.45) is 1.59. The van der Waals surface area contributed by atoms with Crippen molar-refractivity contribution in [3.8, 4) is 17.2 Å². The minimum Gasteiger partial charge on any atom is -0.486 e. The van der Waals surface area contributed by atoms with Crippen LogP contribution in [0.4, 0.5) is 0 Å². The predicted octanol–water partition coefficient (Wildman–Crippen LogP) is 5.26. The quantitative estimate of drug-likeness (QED) is 0.588. The van der Waals surface area contributed by atoms with Crippen LogP contribution in [0.1, 0.15) is 47.9 Å². The van der Waals surface area contributed by atoms with Gasteiger partial charge in [-0.15, -0.1) is 0 Å². The minimum atomic E-state index is -0.250. The number of rotatable bonds is 3. The highest BCUT2D eigenvalue weighted by Crippen LogP contribution is 2.47. The zero-order valence-corrected chi connectivity index (χ0v) is 17.5. The van der Waals surface area contributed by atoms with Gasteiger partial charge in [0, 0.05) is 23.1 Å². The van der Waals surface area contributed by atoms with Crippen molar-refractivity contribution in [2.24, 2.45) is 5.10 Å². The zero-order chi connectivity index (χ0) is 20.8. The summed E-state index contributed by atoms with van der Waals surface area (Å²) in [6, 6.07) is 23.2. The van der Waals surface area contributed by atoms with E-state index in [1.54, 1.807) is 0 Å². The molecule has 31 heavy (non-hydrogen) atoms. The van der Waals surface area contributed by atoms with E-state index >= 15 is 0 Å². The Kier molecular flexibility index (Phi) is 4.34. The average Bonchev–Trinajstić information content (AvgIpc) is 3.29. The molecular weight excluding hydrogens is 388 g/mol. The van der Waals surface area contributed by atoms with Gasteiger partial charge in [0.15, 0.2) is 11.5 Å². The summed E-state index contributed by atoms with van der Waals surface area (Å²) in [5.74, 6) is 2.53. The number of fused-ring (bicyclic) bond motifs is 4. The summed E-state index contributed by atoms with van der Waals surface area (Å²) in [6.45, 7) is 3.34. The van der Waals surface area contributed by atoms with E-state index in [1.807, 2.05) is 18.2 Å². The second kappa shape index (κ2) is 7.34. The molecule has 0 aromatic heterocycles. The lowest BCUT2D eigenvalue weighted by molar-refractivity contribution is -0.0190. The van der Waals surface area contributed by atoms with Gasteiger partial charge < -0.3 is 14.2 Å². The Hall–Kier alpha value is -3.47. The Morgan fingerprint density at radius 1 is 0.903 bits per heavy atom. The first-order valence-electron chi connectivity index (χ1n) is 10.9. The fraction of sp³-hybridized carbons (Fsp3) is 0.269. The zero-order valence-electron chi connectivity index (χ0n) is 17.5. The maximum Gasteiger partial charge on any atom is 0.213 e. The second-order valence-electron chi connectivity index (χ2n) is 8.11. The van der Waals surface area contributed by atoms with Gasteiger partial charge in [-0.3, -0.25) is 0 Å². The Balaban J connectivity index is 1.40. The van der Waals surface area contributed by atoms with Crippen LogP contribution in [0.5, 0.6) is 17.2 Å². The number of hydrogen-bond donors (Lipinski definition) is 0. The molecule has 0 saturated carbocycles. The van der Waals surface area contributed by atoms with Gasteiger partial charge in [-0.2, -0.15) is 5.10 Å². The maximum absolute atomic E-state index is 6.45. The molecule has 0 aliphatic carbocycles. The number of hydrazone groups is 1. The first kappa shape index (κ1) is 18.3. The van der Waals surface area contributed by atoms with Crippen LogP contribution in [0.15, 0.2) is 71.8 Å². The lowest BCUT2D eigenvalue weighted by Crippen LogP contribution is -2.33. The van der Waals surface area contributed by atoms with E-state index in [-0.39, 0.29) is 12.3 Å². The molecule has 3 aliphatic heterocycles. The van der Waals surface area contributed by atoms with E-state index in [2.05, 4.69) is 60.5 Å². The highest BCUT2D eigenvalue weighted by molar-refractivity contribution is 6.02. The molecule has 3 heterocycles. The van der Waals surface area contributed by atoms with E-state index in [4.69, 9.17) is 19.3 Å².